The minimum absolute atomic E-state index is 0.0502. The first-order chi connectivity index (χ1) is 17.4. The van der Waals surface area contributed by atoms with E-state index in [-0.39, 0.29) is 41.7 Å². The van der Waals surface area contributed by atoms with Gasteiger partial charge in [0.2, 0.25) is 11.9 Å². The van der Waals surface area contributed by atoms with Crippen molar-refractivity contribution in [1.82, 2.24) is 14.5 Å². The number of aromatic nitrogens is 3. The molecule has 7 nitrogen and oxygen atoms in total. The zero-order valence-electron chi connectivity index (χ0n) is 20.8. The Labute approximate surface area is 211 Å². The van der Waals surface area contributed by atoms with Crippen molar-refractivity contribution in [2.24, 2.45) is 11.1 Å². The predicted molar refractivity (Wildman–Crippen MR) is 136 cm³/mol. The Morgan fingerprint density at radius 1 is 1.03 bits per heavy atom. The molecule has 37 heavy (non-hydrogen) atoms. The Morgan fingerprint density at radius 3 is 2.30 bits per heavy atom. The topological polar surface area (TPSA) is 94.1 Å². The van der Waals surface area contributed by atoms with Crippen LogP contribution in [0.1, 0.15) is 26.3 Å². The van der Waals surface area contributed by atoms with E-state index in [4.69, 9.17) is 5.73 Å². The minimum atomic E-state index is -0.973. The van der Waals surface area contributed by atoms with Crippen LogP contribution in [-0.4, -0.2) is 33.5 Å². The van der Waals surface area contributed by atoms with E-state index < -0.39 is 34.1 Å². The van der Waals surface area contributed by atoms with Crippen molar-refractivity contribution >= 4 is 22.9 Å². The van der Waals surface area contributed by atoms with Gasteiger partial charge in [0.05, 0.1) is 5.69 Å². The summed E-state index contributed by atoms with van der Waals surface area (Å²) >= 11 is 0. The maximum absolute atomic E-state index is 14.9. The molecule has 0 bridgehead atoms. The van der Waals surface area contributed by atoms with Crippen LogP contribution in [0.2, 0.25) is 0 Å². The van der Waals surface area contributed by atoms with Crippen molar-refractivity contribution in [3.05, 3.63) is 81.9 Å². The summed E-state index contributed by atoms with van der Waals surface area (Å²) in [5.41, 5.74) is 4.74. The average molecular weight is 510 g/mol. The van der Waals surface area contributed by atoms with E-state index in [0.29, 0.717) is 11.1 Å². The second kappa shape index (κ2) is 9.78. The Morgan fingerprint density at radius 2 is 1.70 bits per heavy atom. The molecule has 1 amide bonds. The van der Waals surface area contributed by atoms with Crippen molar-refractivity contribution in [3.8, 4) is 16.9 Å². The fraction of sp³-hybridized carbons (Fsp3) is 0.259. The van der Waals surface area contributed by atoms with Crippen LogP contribution < -0.4 is 16.2 Å². The number of pyridine rings is 1. The third-order valence-electron chi connectivity index (χ3n) is 5.82. The summed E-state index contributed by atoms with van der Waals surface area (Å²) in [6.45, 7) is 6.96. The van der Waals surface area contributed by atoms with Crippen LogP contribution in [0.5, 0.6) is 0 Å². The zero-order chi connectivity index (χ0) is 27.1. The molecule has 0 atom stereocenters. The molecule has 4 rings (SSSR count). The lowest BCUT2D eigenvalue weighted by Gasteiger charge is -2.28. The molecule has 0 radical (unpaired) electrons. The highest BCUT2D eigenvalue weighted by Crippen LogP contribution is 2.33. The van der Waals surface area contributed by atoms with Crippen molar-refractivity contribution in [1.29, 1.82) is 0 Å². The van der Waals surface area contributed by atoms with Gasteiger partial charge in [-0.15, -0.1) is 0 Å². The largest absolute Gasteiger partial charge is 0.329 e. The third-order valence-corrected chi connectivity index (χ3v) is 5.82. The molecular formula is C27H26F3N5O2. The quantitative estimate of drug-likeness (QED) is 0.427. The summed E-state index contributed by atoms with van der Waals surface area (Å²) in [7, 11) is 0. The van der Waals surface area contributed by atoms with Gasteiger partial charge in [-0.05, 0) is 48.9 Å². The molecule has 0 aliphatic rings. The van der Waals surface area contributed by atoms with Gasteiger partial charge in [-0.25, -0.2) is 18.2 Å². The highest BCUT2D eigenvalue weighted by atomic mass is 19.1. The molecule has 2 aromatic carbocycles. The van der Waals surface area contributed by atoms with Gasteiger partial charge in [0, 0.05) is 35.5 Å². The molecule has 0 saturated carbocycles. The second-order valence-corrected chi connectivity index (χ2v) is 9.64. The summed E-state index contributed by atoms with van der Waals surface area (Å²) in [6.07, 6.45) is 0. The van der Waals surface area contributed by atoms with Crippen LogP contribution in [0.15, 0.2) is 53.3 Å². The molecule has 4 aromatic rings. The highest BCUT2D eigenvalue weighted by Gasteiger charge is 2.31. The van der Waals surface area contributed by atoms with Crippen molar-refractivity contribution < 1.29 is 18.0 Å². The SMILES string of the molecule is Cc1cc(F)ccc1-c1nc(N(CCN)C(=O)C(C)(C)C)nc2c1ccc(=O)n2-c1c(F)cccc1F. The van der Waals surface area contributed by atoms with Crippen molar-refractivity contribution in [2.45, 2.75) is 27.7 Å². The van der Waals surface area contributed by atoms with Crippen LogP contribution in [0.4, 0.5) is 19.1 Å². The molecular weight excluding hydrogens is 483 g/mol. The Balaban J connectivity index is 2.17. The Hall–Kier alpha value is -4.05. The lowest BCUT2D eigenvalue weighted by Crippen LogP contribution is -2.43. The van der Waals surface area contributed by atoms with E-state index in [1.807, 2.05) is 0 Å². The molecule has 0 aliphatic carbocycles. The van der Waals surface area contributed by atoms with Gasteiger partial charge in [0.1, 0.15) is 23.1 Å². The number of anilines is 1. The van der Waals surface area contributed by atoms with Crippen LogP contribution in [0, 0.1) is 29.8 Å². The van der Waals surface area contributed by atoms with Gasteiger partial charge in [-0.3, -0.25) is 19.1 Å². The smallest absolute Gasteiger partial charge is 0.256 e. The monoisotopic (exact) mass is 509 g/mol. The normalized spacial score (nSPS) is 11.7. The van der Waals surface area contributed by atoms with Crippen LogP contribution in [0.25, 0.3) is 28.0 Å². The number of halogens is 3. The van der Waals surface area contributed by atoms with E-state index in [2.05, 4.69) is 9.97 Å². The molecule has 0 spiro atoms. The standard InChI is InChI=1S/C27H26F3N5O2/c1-15-14-16(28)8-9-17(15)22-18-10-11-21(36)35(23-19(29)6-5-7-20(23)30)24(18)33-26(32-22)34(13-12-31)25(37)27(2,3)4/h5-11,14H,12-13,31H2,1-4H3. The van der Waals surface area contributed by atoms with E-state index in [1.165, 1.54) is 35.2 Å². The Kier molecular flexibility index (Phi) is 6.88. The molecule has 0 saturated heterocycles. The summed E-state index contributed by atoms with van der Waals surface area (Å²) in [6, 6.07) is 9.90. The molecule has 192 valence electrons. The van der Waals surface area contributed by atoms with Gasteiger partial charge < -0.3 is 5.73 Å². The van der Waals surface area contributed by atoms with Crippen LogP contribution in [-0.2, 0) is 4.79 Å². The maximum atomic E-state index is 14.9. The van der Waals surface area contributed by atoms with Gasteiger partial charge in [-0.2, -0.15) is 4.98 Å². The third kappa shape index (κ3) is 4.84. The van der Waals surface area contributed by atoms with E-state index in [1.54, 1.807) is 27.7 Å². The number of fused-ring (bicyclic) bond motifs is 1. The maximum Gasteiger partial charge on any atom is 0.256 e. The second-order valence-electron chi connectivity index (χ2n) is 9.64. The number of amides is 1. The molecule has 2 N–H and O–H groups in total. The van der Waals surface area contributed by atoms with E-state index in [9.17, 15) is 22.8 Å². The number of carbonyl (C=O) groups excluding carboxylic acids is 1. The molecule has 0 unspecified atom stereocenters. The van der Waals surface area contributed by atoms with E-state index >= 15 is 0 Å². The number of benzene rings is 2. The summed E-state index contributed by atoms with van der Waals surface area (Å²) < 4.78 is 44.5. The summed E-state index contributed by atoms with van der Waals surface area (Å²) in [5.74, 6) is -2.86. The van der Waals surface area contributed by atoms with Crippen molar-refractivity contribution in [2.75, 3.05) is 18.0 Å². The lowest BCUT2D eigenvalue weighted by molar-refractivity contribution is -0.125. The lowest BCUT2D eigenvalue weighted by atomic mass is 9.95. The number of aryl methyl sites for hydroxylation is 1. The highest BCUT2D eigenvalue weighted by molar-refractivity contribution is 5.98. The van der Waals surface area contributed by atoms with Crippen molar-refractivity contribution in [3.63, 3.8) is 0 Å². The van der Waals surface area contributed by atoms with Gasteiger partial charge >= 0.3 is 0 Å². The first kappa shape index (κ1) is 26.0. The number of nitrogens with zero attached hydrogens (tertiary/aromatic N) is 4. The molecule has 0 fully saturated rings. The van der Waals surface area contributed by atoms with Gasteiger partial charge in [0.15, 0.2) is 5.65 Å². The molecule has 2 aromatic heterocycles. The molecule has 2 heterocycles. The van der Waals surface area contributed by atoms with Crippen LogP contribution in [0.3, 0.4) is 0 Å². The number of carbonyl (C=O) groups is 1. The van der Waals surface area contributed by atoms with Gasteiger partial charge in [-0.1, -0.05) is 26.8 Å². The Bertz CT molecular complexity index is 1560. The summed E-state index contributed by atoms with van der Waals surface area (Å²) in [4.78, 5) is 36.7. The number of nitrogens with two attached hydrogens (primary N) is 1. The average Bonchev–Trinajstić information content (AvgIpc) is 2.82. The van der Waals surface area contributed by atoms with Gasteiger partial charge in [0.25, 0.3) is 5.56 Å². The van der Waals surface area contributed by atoms with Crippen LogP contribution >= 0.6 is 0 Å². The number of rotatable bonds is 5. The first-order valence-corrected chi connectivity index (χ1v) is 11.6. The first-order valence-electron chi connectivity index (χ1n) is 11.6. The molecule has 10 heteroatoms. The number of hydrogen-bond donors (Lipinski definition) is 1. The minimum Gasteiger partial charge on any atom is -0.329 e. The number of para-hydroxylation sites is 1. The number of hydrogen-bond acceptors (Lipinski definition) is 5. The summed E-state index contributed by atoms with van der Waals surface area (Å²) in [5, 5.41) is 0.275. The predicted octanol–water partition coefficient (Wildman–Crippen LogP) is 4.51. The molecule has 0 aliphatic heterocycles. The van der Waals surface area contributed by atoms with E-state index in [0.717, 1.165) is 22.8 Å². The zero-order valence-corrected chi connectivity index (χ0v) is 20.8. The fourth-order valence-electron chi connectivity index (χ4n) is 4.07. The fourth-order valence-corrected chi connectivity index (χ4v) is 4.07.